The number of nitrogens with zero attached hydrogens (tertiary/aromatic N) is 2. The second-order valence-corrected chi connectivity index (χ2v) is 4.90. The van der Waals surface area contributed by atoms with E-state index >= 15 is 0 Å². The summed E-state index contributed by atoms with van der Waals surface area (Å²) in [7, 11) is 0. The molecule has 1 aliphatic heterocycles. The molecule has 0 aromatic carbocycles. The first kappa shape index (κ1) is 12.1. The molecule has 2 heterocycles. The Morgan fingerprint density at radius 1 is 1.65 bits per heavy atom. The third-order valence-electron chi connectivity index (χ3n) is 3.35. The smallest absolute Gasteiger partial charge is 0.227 e. The zero-order valence-corrected chi connectivity index (χ0v) is 10.3. The first-order chi connectivity index (χ1) is 8.21. The van der Waals surface area contributed by atoms with E-state index in [-0.39, 0.29) is 11.3 Å². The largest absolute Gasteiger partial charge is 0.356 e. The molecule has 1 atom stereocenters. The van der Waals surface area contributed by atoms with Crippen molar-refractivity contribution in [1.29, 1.82) is 0 Å². The van der Waals surface area contributed by atoms with E-state index in [2.05, 4.69) is 15.6 Å². The monoisotopic (exact) mass is 236 g/mol. The quantitative estimate of drug-likeness (QED) is 0.727. The first-order valence-electron chi connectivity index (χ1n) is 6.15. The Balaban J connectivity index is 1.66. The van der Waals surface area contributed by atoms with E-state index in [1.807, 2.05) is 17.7 Å². The second kappa shape index (κ2) is 5.31. The molecule has 5 nitrogen and oxygen atoms in total. The predicted octanol–water partition coefficient (Wildman–Crippen LogP) is 0.389. The molecule has 1 fully saturated rings. The predicted molar refractivity (Wildman–Crippen MR) is 65.4 cm³/mol. The lowest BCUT2D eigenvalue weighted by Crippen LogP contribution is -2.40. The number of nitrogens with one attached hydrogen (secondary N) is 2. The highest BCUT2D eigenvalue weighted by atomic mass is 16.2. The zero-order valence-electron chi connectivity index (χ0n) is 10.3. The summed E-state index contributed by atoms with van der Waals surface area (Å²) in [6.45, 7) is 5.39. The fourth-order valence-electron chi connectivity index (χ4n) is 2.11. The van der Waals surface area contributed by atoms with Gasteiger partial charge in [-0.15, -0.1) is 0 Å². The van der Waals surface area contributed by atoms with Gasteiger partial charge in [-0.3, -0.25) is 4.79 Å². The van der Waals surface area contributed by atoms with Crippen molar-refractivity contribution in [2.24, 2.45) is 5.41 Å². The molecule has 2 N–H and O–H groups in total. The van der Waals surface area contributed by atoms with Crippen LogP contribution in [0.2, 0.25) is 0 Å². The molecule has 1 aliphatic rings. The first-order valence-corrected chi connectivity index (χ1v) is 6.15. The van der Waals surface area contributed by atoms with E-state index in [0.29, 0.717) is 0 Å². The molecular formula is C12H20N4O. The van der Waals surface area contributed by atoms with Crippen molar-refractivity contribution in [2.45, 2.75) is 26.3 Å². The number of hydrogen-bond acceptors (Lipinski definition) is 3. The molecule has 2 rings (SSSR count). The summed E-state index contributed by atoms with van der Waals surface area (Å²) in [5.41, 5.74) is -0.213. The number of aryl methyl sites for hydroxylation is 1. The maximum atomic E-state index is 12.0. The third kappa shape index (κ3) is 3.06. The van der Waals surface area contributed by atoms with Gasteiger partial charge in [0.25, 0.3) is 0 Å². The fraction of sp³-hybridized carbons (Fsp3) is 0.667. The lowest BCUT2D eigenvalue weighted by molar-refractivity contribution is -0.129. The molecule has 17 heavy (non-hydrogen) atoms. The van der Waals surface area contributed by atoms with E-state index < -0.39 is 0 Å². The van der Waals surface area contributed by atoms with Crippen molar-refractivity contribution in [2.75, 3.05) is 19.6 Å². The minimum Gasteiger partial charge on any atom is -0.356 e. The van der Waals surface area contributed by atoms with Crippen LogP contribution in [0, 0.1) is 5.41 Å². The van der Waals surface area contributed by atoms with Gasteiger partial charge in [0.2, 0.25) is 5.91 Å². The molecule has 1 unspecified atom stereocenters. The maximum Gasteiger partial charge on any atom is 0.227 e. The maximum absolute atomic E-state index is 12.0. The van der Waals surface area contributed by atoms with Gasteiger partial charge in [0.1, 0.15) is 0 Å². The van der Waals surface area contributed by atoms with Crippen LogP contribution >= 0.6 is 0 Å². The minimum absolute atomic E-state index is 0.174. The van der Waals surface area contributed by atoms with Crippen LogP contribution in [0.15, 0.2) is 18.7 Å². The normalized spacial score (nSPS) is 23.8. The summed E-state index contributed by atoms with van der Waals surface area (Å²) in [5.74, 6) is 0.174. The topological polar surface area (TPSA) is 59.0 Å². The number of aromatic nitrogens is 2. The van der Waals surface area contributed by atoms with Gasteiger partial charge in [-0.25, -0.2) is 4.98 Å². The van der Waals surface area contributed by atoms with E-state index in [4.69, 9.17) is 0 Å². The molecule has 1 saturated heterocycles. The Morgan fingerprint density at radius 3 is 3.18 bits per heavy atom. The van der Waals surface area contributed by atoms with Crippen LogP contribution in [0.5, 0.6) is 0 Å². The standard InChI is InChI=1S/C12H20N4O/c1-12(3-5-13-9-12)11(17)15-4-2-7-16-8-6-14-10-16/h6,8,10,13H,2-5,7,9H2,1H3,(H,15,17). The Morgan fingerprint density at radius 2 is 2.53 bits per heavy atom. The van der Waals surface area contributed by atoms with E-state index in [1.54, 1.807) is 12.5 Å². The molecule has 0 bridgehead atoms. The minimum atomic E-state index is -0.213. The van der Waals surface area contributed by atoms with Crippen LogP contribution in [0.3, 0.4) is 0 Å². The van der Waals surface area contributed by atoms with Crippen LogP contribution in [-0.2, 0) is 11.3 Å². The Bertz CT molecular complexity index is 355. The number of rotatable bonds is 5. The lowest BCUT2D eigenvalue weighted by Gasteiger charge is -2.21. The van der Waals surface area contributed by atoms with Crippen LogP contribution in [-0.4, -0.2) is 35.1 Å². The molecule has 0 saturated carbocycles. The highest BCUT2D eigenvalue weighted by molar-refractivity contribution is 5.82. The van der Waals surface area contributed by atoms with Crippen LogP contribution in [0.1, 0.15) is 19.8 Å². The van der Waals surface area contributed by atoms with E-state index in [1.165, 1.54) is 0 Å². The Hall–Kier alpha value is -1.36. The van der Waals surface area contributed by atoms with E-state index in [9.17, 15) is 4.79 Å². The number of hydrogen-bond donors (Lipinski definition) is 2. The summed E-state index contributed by atoms with van der Waals surface area (Å²) in [5, 5.41) is 6.25. The van der Waals surface area contributed by atoms with Gasteiger partial charge in [0.05, 0.1) is 11.7 Å². The highest BCUT2D eigenvalue weighted by Gasteiger charge is 2.35. The van der Waals surface area contributed by atoms with Gasteiger partial charge >= 0.3 is 0 Å². The van der Waals surface area contributed by atoms with Gasteiger partial charge < -0.3 is 15.2 Å². The molecule has 0 radical (unpaired) electrons. The summed E-state index contributed by atoms with van der Waals surface area (Å²) in [4.78, 5) is 15.9. The van der Waals surface area contributed by atoms with Crippen LogP contribution in [0.4, 0.5) is 0 Å². The van der Waals surface area contributed by atoms with Crippen molar-refractivity contribution in [3.8, 4) is 0 Å². The van der Waals surface area contributed by atoms with Crippen molar-refractivity contribution in [1.82, 2.24) is 20.2 Å². The van der Waals surface area contributed by atoms with Gasteiger partial charge in [0, 0.05) is 32.0 Å². The molecule has 1 aromatic rings. The fourth-order valence-corrected chi connectivity index (χ4v) is 2.11. The van der Waals surface area contributed by atoms with Crippen molar-refractivity contribution in [3.63, 3.8) is 0 Å². The summed E-state index contributed by atoms with van der Waals surface area (Å²) in [6.07, 6.45) is 7.36. The molecule has 0 spiro atoms. The number of carbonyl (C=O) groups excluding carboxylic acids is 1. The molecule has 5 heteroatoms. The Kier molecular flexibility index (Phi) is 3.78. The zero-order chi connectivity index (χ0) is 12.1. The molecule has 0 aliphatic carbocycles. The summed E-state index contributed by atoms with van der Waals surface area (Å²) >= 11 is 0. The SMILES string of the molecule is CC1(C(=O)NCCCn2ccnc2)CCNC1. The molecule has 1 aromatic heterocycles. The van der Waals surface area contributed by atoms with E-state index in [0.717, 1.165) is 39.0 Å². The van der Waals surface area contributed by atoms with Gasteiger partial charge in [-0.2, -0.15) is 0 Å². The van der Waals surface area contributed by atoms with Crippen molar-refractivity contribution < 1.29 is 4.79 Å². The lowest BCUT2D eigenvalue weighted by atomic mass is 9.89. The highest BCUT2D eigenvalue weighted by Crippen LogP contribution is 2.24. The van der Waals surface area contributed by atoms with Gasteiger partial charge in [0.15, 0.2) is 0 Å². The molecule has 1 amide bonds. The number of amides is 1. The van der Waals surface area contributed by atoms with Crippen molar-refractivity contribution in [3.05, 3.63) is 18.7 Å². The number of imidazole rings is 1. The average molecular weight is 236 g/mol. The molecule has 94 valence electrons. The Labute approximate surface area is 102 Å². The molecular weight excluding hydrogens is 216 g/mol. The third-order valence-corrected chi connectivity index (χ3v) is 3.35. The van der Waals surface area contributed by atoms with Crippen LogP contribution in [0.25, 0.3) is 0 Å². The van der Waals surface area contributed by atoms with Crippen molar-refractivity contribution >= 4 is 5.91 Å². The summed E-state index contributed by atoms with van der Waals surface area (Å²) < 4.78 is 2.02. The van der Waals surface area contributed by atoms with Crippen LogP contribution < -0.4 is 10.6 Å². The summed E-state index contributed by atoms with van der Waals surface area (Å²) in [6, 6.07) is 0. The average Bonchev–Trinajstić information content (AvgIpc) is 2.96. The second-order valence-electron chi connectivity index (χ2n) is 4.90. The van der Waals surface area contributed by atoms with Gasteiger partial charge in [-0.05, 0) is 26.3 Å². The van der Waals surface area contributed by atoms with Gasteiger partial charge in [-0.1, -0.05) is 0 Å². The number of carbonyl (C=O) groups is 1.